The first-order valence-electron chi connectivity index (χ1n) is 9.06. The molecule has 1 unspecified atom stereocenters. The zero-order valence-electron chi connectivity index (χ0n) is 15.9. The molecule has 0 saturated heterocycles. The molecule has 8 heteroatoms. The van der Waals surface area contributed by atoms with Gasteiger partial charge in [-0.15, -0.1) is 0 Å². The molecule has 29 heavy (non-hydrogen) atoms. The van der Waals surface area contributed by atoms with Crippen molar-refractivity contribution in [3.05, 3.63) is 59.2 Å². The number of anilines is 2. The zero-order chi connectivity index (χ0) is 20.5. The summed E-state index contributed by atoms with van der Waals surface area (Å²) in [5, 5.41) is 10.8. The largest absolute Gasteiger partial charge is 0.497 e. The lowest BCUT2D eigenvalue weighted by atomic mass is 10.1. The molecule has 2 amide bonds. The molecule has 0 saturated carbocycles. The zero-order valence-corrected chi connectivity index (χ0v) is 16.7. The van der Waals surface area contributed by atoms with Crippen LogP contribution in [0.4, 0.5) is 11.5 Å². The first kappa shape index (κ1) is 19.0. The van der Waals surface area contributed by atoms with Gasteiger partial charge in [0.05, 0.1) is 19.2 Å². The smallest absolute Gasteiger partial charge is 0.251 e. The summed E-state index contributed by atoms with van der Waals surface area (Å²) < 4.78 is 6.75. The van der Waals surface area contributed by atoms with Gasteiger partial charge in [0.1, 0.15) is 17.6 Å². The number of rotatable bonds is 5. The predicted octanol–water partition coefficient (Wildman–Crippen LogP) is 4.04. The van der Waals surface area contributed by atoms with Crippen LogP contribution < -0.4 is 15.4 Å². The fourth-order valence-electron chi connectivity index (χ4n) is 3.43. The van der Waals surface area contributed by atoms with E-state index < -0.39 is 6.04 Å². The molecule has 1 aliphatic heterocycles. The molecule has 4 rings (SSSR count). The summed E-state index contributed by atoms with van der Waals surface area (Å²) in [6.45, 7) is 1.87. The van der Waals surface area contributed by atoms with E-state index in [-0.39, 0.29) is 18.2 Å². The second-order valence-corrected chi connectivity index (χ2v) is 7.19. The number of ether oxygens (including phenoxy) is 1. The minimum Gasteiger partial charge on any atom is -0.497 e. The van der Waals surface area contributed by atoms with Gasteiger partial charge in [-0.1, -0.05) is 29.8 Å². The van der Waals surface area contributed by atoms with Crippen LogP contribution in [0.25, 0.3) is 11.1 Å². The van der Waals surface area contributed by atoms with Crippen molar-refractivity contribution in [1.29, 1.82) is 0 Å². The van der Waals surface area contributed by atoms with E-state index in [2.05, 4.69) is 15.7 Å². The fourth-order valence-corrected chi connectivity index (χ4v) is 3.56. The van der Waals surface area contributed by atoms with Crippen molar-refractivity contribution in [2.45, 2.75) is 19.4 Å². The molecule has 0 fully saturated rings. The molecule has 7 nitrogen and oxygen atoms in total. The minimum atomic E-state index is -0.713. The van der Waals surface area contributed by atoms with Gasteiger partial charge in [0, 0.05) is 22.3 Å². The van der Waals surface area contributed by atoms with Gasteiger partial charge >= 0.3 is 0 Å². The van der Waals surface area contributed by atoms with E-state index in [1.165, 1.54) is 0 Å². The molecule has 2 N–H and O–H groups in total. The molecule has 1 aliphatic rings. The third-order valence-corrected chi connectivity index (χ3v) is 5.04. The van der Waals surface area contributed by atoms with Crippen LogP contribution in [0.15, 0.2) is 48.5 Å². The maximum absolute atomic E-state index is 12.5. The van der Waals surface area contributed by atoms with E-state index in [1.54, 1.807) is 48.2 Å². The van der Waals surface area contributed by atoms with Crippen molar-refractivity contribution in [2.24, 2.45) is 0 Å². The first-order chi connectivity index (χ1) is 14.0. The second-order valence-electron chi connectivity index (χ2n) is 6.75. The number of carbonyl (C=O) groups excluding carboxylic acids is 2. The second kappa shape index (κ2) is 7.60. The molecule has 0 radical (unpaired) electrons. The molecule has 0 spiro atoms. The molecule has 0 bridgehead atoms. The summed E-state index contributed by atoms with van der Waals surface area (Å²) in [5.41, 5.74) is 3.09. The van der Waals surface area contributed by atoms with E-state index in [0.717, 1.165) is 16.8 Å². The van der Waals surface area contributed by atoms with Gasteiger partial charge < -0.3 is 15.4 Å². The third kappa shape index (κ3) is 3.69. The number of nitrogens with zero attached hydrogens (tertiary/aromatic N) is 2. The SMILES string of the molecule is COc1cccc(NC(=O)CC2C(=O)Nc3c(-c4ccc(Cl)cc4)c(C)nn32)c1. The summed E-state index contributed by atoms with van der Waals surface area (Å²) in [4.78, 5) is 25.1. The number of hydrogen-bond donors (Lipinski definition) is 2. The van der Waals surface area contributed by atoms with Crippen LogP contribution in [-0.4, -0.2) is 28.7 Å². The number of nitrogens with one attached hydrogen (secondary N) is 2. The van der Waals surface area contributed by atoms with Gasteiger partial charge in [0.15, 0.2) is 0 Å². The molecule has 1 atom stereocenters. The lowest BCUT2D eigenvalue weighted by Crippen LogP contribution is -2.23. The molecule has 2 aromatic carbocycles. The van der Waals surface area contributed by atoms with Crippen LogP contribution in [0.3, 0.4) is 0 Å². The third-order valence-electron chi connectivity index (χ3n) is 4.79. The van der Waals surface area contributed by atoms with Crippen molar-refractivity contribution in [3.8, 4) is 16.9 Å². The number of fused-ring (bicyclic) bond motifs is 1. The molecule has 2 heterocycles. The van der Waals surface area contributed by atoms with E-state index in [9.17, 15) is 9.59 Å². The van der Waals surface area contributed by atoms with Crippen molar-refractivity contribution in [2.75, 3.05) is 17.7 Å². The Labute approximate surface area is 172 Å². The molecular weight excluding hydrogens is 392 g/mol. The van der Waals surface area contributed by atoms with E-state index in [4.69, 9.17) is 16.3 Å². The Morgan fingerprint density at radius 3 is 2.76 bits per heavy atom. The summed E-state index contributed by atoms with van der Waals surface area (Å²) in [7, 11) is 1.56. The maximum atomic E-state index is 12.5. The molecule has 3 aromatic rings. The van der Waals surface area contributed by atoms with Crippen molar-refractivity contribution < 1.29 is 14.3 Å². The highest BCUT2D eigenvalue weighted by Gasteiger charge is 2.36. The Morgan fingerprint density at radius 2 is 2.03 bits per heavy atom. The maximum Gasteiger partial charge on any atom is 0.251 e. The minimum absolute atomic E-state index is 0.0305. The Hall–Kier alpha value is -3.32. The molecular formula is C21H19ClN4O3. The van der Waals surface area contributed by atoms with Gasteiger partial charge in [-0.2, -0.15) is 5.10 Å². The van der Waals surface area contributed by atoms with E-state index in [0.29, 0.717) is 22.3 Å². The quantitative estimate of drug-likeness (QED) is 0.664. The van der Waals surface area contributed by atoms with Crippen LogP contribution in [0.1, 0.15) is 18.2 Å². The number of amides is 2. The van der Waals surface area contributed by atoms with Crippen LogP contribution in [0.5, 0.6) is 5.75 Å². The van der Waals surface area contributed by atoms with Crippen molar-refractivity contribution >= 4 is 34.9 Å². The standard InChI is InChI=1S/C21H19ClN4O3/c1-12-19(13-6-8-14(22)9-7-13)20-24-21(28)17(26(20)25-12)11-18(27)23-15-4-3-5-16(10-15)29-2/h3-10,17H,11H2,1-2H3,(H,23,27)(H,24,28). The Balaban J connectivity index is 1.56. The summed E-state index contributed by atoms with van der Waals surface area (Å²) in [5.74, 6) is 0.684. The number of hydrogen-bond acceptors (Lipinski definition) is 4. The highest BCUT2D eigenvalue weighted by molar-refractivity contribution is 6.30. The van der Waals surface area contributed by atoms with Gasteiger partial charge in [0.2, 0.25) is 5.91 Å². The highest BCUT2D eigenvalue weighted by atomic mass is 35.5. The van der Waals surface area contributed by atoms with Crippen LogP contribution in [0.2, 0.25) is 5.02 Å². The summed E-state index contributed by atoms with van der Waals surface area (Å²) in [6, 6.07) is 13.7. The van der Waals surface area contributed by atoms with Crippen molar-refractivity contribution in [3.63, 3.8) is 0 Å². The van der Waals surface area contributed by atoms with Crippen LogP contribution in [-0.2, 0) is 9.59 Å². The van der Waals surface area contributed by atoms with Gasteiger partial charge in [-0.3, -0.25) is 9.59 Å². The molecule has 1 aromatic heterocycles. The topological polar surface area (TPSA) is 85.2 Å². The van der Waals surface area contributed by atoms with E-state index >= 15 is 0 Å². The Kier molecular flexibility index (Phi) is 4.98. The average molecular weight is 411 g/mol. The number of aromatic nitrogens is 2. The first-order valence-corrected chi connectivity index (χ1v) is 9.44. The van der Waals surface area contributed by atoms with Gasteiger partial charge in [-0.25, -0.2) is 4.68 Å². The Bertz CT molecular complexity index is 1090. The highest BCUT2D eigenvalue weighted by Crippen LogP contribution is 2.38. The fraction of sp³-hybridized carbons (Fsp3) is 0.190. The summed E-state index contributed by atoms with van der Waals surface area (Å²) >= 11 is 5.98. The lowest BCUT2D eigenvalue weighted by Gasteiger charge is -2.10. The normalized spacial score (nSPS) is 15.0. The number of carbonyl (C=O) groups is 2. The average Bonchev–Trinajstić information content (AvgIpc) is 3.17. The molecule has 148 valence electrons. The molecule has 0 aliphatic carbocycles. The number of benzene rings is 2. The van der Waals surface area contributed by atoms with Gasteiger partial charge in [0.25, 0.3) is 5.91 Å². The van der Waals surface area contributed by atoms with Crippen LogP contribution >= 0.6 is 11.6 Å². The van der Waals surface area contributed by atoms with E-state index in [1.807, 2.05) is 19.1 Å². The van der Waals surface area contributed by atoms with Gasteiger partial charge in [-0.05, 0) is 36.8 Å². The monoisotopic (exact) mass is 410 g/mol. The number of methoxy groups -OCH3 is 1. The Morgan fingerprint density at radius 1 is 1.28 bits per heavy atom. The summed E-state index contributed by atoms with van der Waals surface area (Å²) in [6.07, 6.45) is -0.0305. The number of aryl methyl sites for hydroxylation is 1. The lowest BCUT2D eigenvalue weighted by molar-refractivity contribution is -0.123. The van der Waals surface area contributed by atoms with Crippen LogP contribution in [0, 0.1) is 6.92 Å². The van der Waals surface area contributed by atoms with Crippen molar-refractivity contribution in [1.82, 2.24) is 9.78 Å². The predicted molar refractivity (Wildman–Crippen MR) is 111 cm³/mol. The number of halogens is 1.